The fourth-order valence-electron chi connectivity index (χ4n) is 4.99. The number of ether oxygens (including phenoxy) is 2. The lowest BCUT2D eigenvalue weighted by Gasteiger charge is -2.39. The van der Waals surface area contributed by atoms with Gasteiger partial charge in [0.2, 0.25) is 15.9 Å². The highest BCUT2D eigenvalue weighted by molar-refractivity contribution is 7.89. The number of nitrogens with zero attached hydrogens (tertiary/aromatic N) is 2. The lowest BCUT2D eigenvalue weighted by Crippen LogP contribution is -2.54. The third-order valence-corrected chi connectivity index (χ3v) is 8.81. The maximum atomic E-state index is 13.9. The summed E-state index contributed by atoms with van der Waals surface area (Å²) in [6.45, 7) is 0.878. The van der Waals surface area contributed by atoms with Gasteiger partial charge in [-0.2, -0.15) is 4.31 Å². The van der Waals surface area contributed by atoms with Crippen LogP contribution in [0.25, 0.3) is 0 Å². The minimum atomic E-state index is -4.05. The van der Waals surface area contributed by atoms with Gasteiger partial charge in [-0.05, 0) is 71.5 Å². The molecule has 188 valence electrons. The van der Waals surface area contributed by atoms with Crippen molar-refractivity contribution in [2.75, 3.05) is 20.8 Å². The number of methoxy groups -OCH3 is 2. The largest absolute Gasteiger partial charge is 0.493 e. The molecule has 0 N–H and O–H groups in total. The molecule has 1 amide bonds. The summed E-state index contributed by atoms with van der Waals surface area (Å²) in [7, 11) is -0.905. The summed E-state index contributed by atoms with van der Waals surface area (Å²) in [6, 6.07) is 15.2. The zero-order valence-corrected chi connectivity index (χ0v) is 20.9. The van der Waals surface area contributed by atoms with Gasteiger partial charge in [-0.1, -0.05) is 24.3 Å². The molecule has 3 aromatic rings. The topological polar surface area (TPSA) is 76.2 Å². The van der Waals surface area contributed by atoms with Crippen molar-refractivity contribution in [2.24, 2.45) is 0 Å². The van der Waals surface area contributed by atoms with E-state index in [1.807, 2.05) is 36.4 Å². The molecule has 0 aliphatic carbocycles. The van der Waals surface area contributed by atoms with Crippen LogP contribution in [0.5, 0.6) is 11.5 Å². The van der Waals surface area contributed by atoms with Crippen LogP contribution in [0.4, 0.5) is 4.39 Å². The van der Waals surface area contributed by atoms with Gasteiger partial charge in [0.05, 0.1) is 19.1 Å². The minimum Gasteiger partial charge on any atom is -0.493 e. The van der Waals surface area contributed by atoms with Gasteiger partial charge < -0.3 is 14.4 Å². The molecule has 1 atom stereocenters. The fraction of sp³-hybridized carbons (Fsp3) is 0.296. The van der Waals surface area contributed by atoms with E-state index in [1.165, 1.54) is 16.4 Å². The summed E-state index contributed by atoms with van der Waals surface area (Å²) >= 11 is 0. The number of carbonyl (C=O) groups excluding carboxylic acids is 1. The predicted octanol–water partition coefficient (Wildman–Crippen LogP) is 3.54. The number of fused-ring (bicyclic) bond motifs is 2. The number of rotatable bonds is 5. The molecule has 0 bridgehead atoms. The predicted molar refractivity (Wildman–Crippen MR) is 132 cm³/mol. The number of hydrogen-bond acceptors (Lipinski definition) is 5. The molecule has 5 rings (SSSR count). The van der Waals surface area contributed by atoms with E-state index >= 15 is 0 Å². The zero-order valence-electron chi connectivity index (χ0n) is 20.1. The second-order valence-electron chi connectivity index (χ2n) is 8.98. The maximum absolute atomic E-state index is 13.9. The van der Waals surface area contributed by atoms with E-state index in [1.54, 1.807) is 19.1 Å². The molecule has 7 nitrogen and oxygen atoms in total. The van der Waals surface area contributed by atoms with E-state index in [2.05, 4.69) is 0 Å². The normalized spacial score (nSPS) is 17.8. The molecule has 36 heavy (non-hydrogen) atoms. The summed E-state index contributed by atoms with van der Waals surface area (Å²) < 4.78 is 52.9. The molecule has 0 saturated carbocycles. The zero-order chi connectivity index (χ0) is 25.4. The van der Waals surface area contributed by atoms with E-state index in [0.29, 0.717) is 31.0 Å². The Bertz CT molecular complexity index is 1410. The summed E-state index contributed by atoms with van der Waals surface area (Å²) in [4.78, 5) is 15.6. The Labute approximate surface area is 210 Å². The Morgan fingerprint density at radius 2 is 1.53 bits per heavy atom. The number of benzene rings is 3. The fourth-order valence-corrected chi connectivity index (χ4v) is 6.55. The third kappa shape index (κ3) is 4.33. The number of halogens is 1. The van der Waals surface area contributed by atoms with E-state index in [4.69, 9.17) is 9.47 Å². The third-order valence-electron chi connectivity index (χ3n) is 6.94. The monoisotopic (exact) mass is 510 g/mol. The van der Waals surface area contributed by atoms with Gasteiger partial charge in [0, 0.05) is 19.6 Å². The second kappa shape index (κ2) is 9.55. The molecule has 0 spiro atoms. The van der Waals surface area contributed by atoms with Crippen LogP contribution >= 0.6 is 0 Å². The van der Waals surface area contributed by atoms with Crippen LogP contribution in [0.15, 0.2) is 65.6 Å². The van der Waals surface area contributed by atoms with Crippen molar-refractivity contribution in [1.82, 2.24) is 9.21 Å². The molecule has 2 heterocycles. The number of amides is 1. The van der Waals surface area contributed by atoms with Gasteiger partial charge in [-0.25, -0.2) is 12.8 Å². The first-order valence-electron chi connectivity index (χ1n) is 11.7. The standard InChI is InChI=1S/C27H27FN2O5S/c1-34-25-14-19-11-12-29(16-21(19)15-26(25)35-2)27(31)24-13-18-5-3-4-6-20(18)17-30(24)36(32,33)23-9-7-22(28)8-10-23/h3-10,14-15,24H,11-13,16-17H2,1-2H3/t24-/m0/s1. The van der Waals surface area contributed by atoms with Crippen molar-refractivity contribution in [2.45, 2.75) is 36.9 Å². The van der Waals surface area contributed by atoms with Gasteiger partial charge in [0.1, 0.15) is 11.9 Å². The van der Waals surface area contributed by atoms with E-state index in [-0.39, 0.29) is 23.8 Å². The van der Waals surface area contributed by atoms with Gasteiger partial charge >= 0.3 is 0 Å². The highest BCUT2D eigenvalue weighted by Gasteiger charge is 2.41. The Hall–Kier alpha value is -3.43. The molecule has 0 unspecified atom stereocenters. The average molecular weight is 511 g/mol. The molecule has 0 fully saturated rings. The van der Waals surface area contributed by atoms with Crippen molar-refractivity contribution in [3.8, 4) is 11.5 Å². The first-order chi connectivity index (χ1) is 17.3. The summed E-state index contributed by atoms with van der Waals surface area (Å²) in [5.74, 6) is 0.439. The first kappa shape index (κ1) is 24.3. The van der Waals surface area contributed by atoms with Gasteiger partial charge in [-0.15, -0.1) is 0 Å². The van der Waals surface area contributed by atoms with Crippen molar-refractivity contribution in [3.63, 3.8) is 0 Å². The number of sulfonamides is 1. The highest BCUT2D eigenvalue weighted by atomic mass is 32.2. The van der Waals surface area contributed by atoms with E-state index in [0.717, 1.165) is 34.4 Å². The summed E-state index contributed by atoms with van der Waals surface area (Å²) in [5.41, 5.74) is 3.82. The number of carbonyl (C=O) groups is 1. The molecule has 0 radical (unpaired) electrons. The van der Waals surface area contributed by atoms with Crippen LogP contribution in [0.3, 0.4) is 0 Å². The van der Waals surface area contributed by atoms with Crippen LogP contribution in [-0.4, -0.2) is 50.3 Å². The molecular formula is C27H27FN2O5S. The lowest BCUT2D eigenvalue weighted by molar-refractivity contribution is -0.136. The van der Waals surface area contributed by atoms with Crippen LogP contribution in [-0.2, 0) is 40.7 Å². The average Bonchev–Trinajstić information content (AvgIpc) is 2.91. The van der Waals surface area contributed by atoms with Crippen molar-refractivity contribution in [1.29, 1.82) is 0 Å². The van der Waals surface area contributed by atoms with Crippen LogP contribution < -0.4 is 9.47 Å². The highest BCUT2D eigenvalue weighted by Crippen LogP contribution is 2.35. The quantitative estimate of drug-likeness (QED) is 0.525. The van der Waals surface area contributed by atoms with Crippen molar-refractivity contribution in [3.05, 3.63) is 88.7 Å². The van der Waals surface area contributed by atoms with Gasteiger partial charge in [-0.3, -0.25) is 4.79 Å². The smallest absolute Gasteiger partial charge is 0.244 e. The SMILES string of the molecule is COc1cc2c(cc1OC)CN(C(=O)[C@@H]1Cc3ccccc3CN1S(=O)(=O)c1ccc(F)cc1)CC2. The van der Waals surface area contributed by atoms with E-state index < -0.39 is 21.9 Å². The molecule has 2 aliphatic heterocycles. The summed E-state index contributed by atoms with van der Waals surface area (Å²) in [6.07, 6.45) is 0.889. The molecule has 0 saturated heterocycles. The molecule has 9 heteroatoms. The Morgan fingerprint density at radius 1 is 0.889 bits per heavy atom. The second-order valence-corrected chi connectivity index (χ2v) is 10.9. The van der Waals surface area contributed by atoms with Crippen LogP contribution in [0.1, 0.15) is 22.3 Å². The lowest BCUT2D eigenvalue weighted by atomic mass is 9.93. The van der Waals surface area contributed by atoms with Crippen LogP contribution in [0, 0.1) is 5.82 Å². The Morgan fingerprint density at radius 3 is 2.19 bits per heavy atom. The Balaban J connectivity index is 1.49. The first-order valence-corrected chi connectivity index (χ1v) is 13.1. The molecule has 3 aromatic carbocycles. The molecular weight excluding hydrogens is 483 g/mol. The molecule has 2 aliphatic rings. The van der Waals surface area contributed by atoms with Crippen molar-refractivity contribution < 1.29 is 27.1 Å². The Kier molecular flexibility index (Phi) is 6.44. The van der Waals surface area contributed by atoms with Gasteiger partial charge in [0.25, 0.3) is 0 Å². The summed E-state index contributed by atoms with van der Waals surface area (Å²) in [5, 5.41) is 0. The van der Waals surface area contributed by atoms with Crippen LogP contribution in [0.2, 0.25) is 0 Å². The maximum Gasteiger partial charge on any atom is 0.244 e. The molecule has 0 aromatic heterocycles. The van der Waals surface area contributed by atoms with E-state index in [9.17, 15) is 17.6 Å². The van der Waals surface area contributed by atoms with Gasteiger partial charge in [0.15, 0.2) is 11.5 Å². The minimum absolute atomic E-state index is 0.0399. The number of hydrogen-bond donors (Lipinski definition) is 0. The van der Waals surface area contributed by atoms with Crippen molar-refractivity contribution >= 4 is 15.9 Å².